The van der Waals surface area contributed by atoms with Crippen molar-refractivity contribution < 1.29 is 14.7 Å². The molecule has 0 spiro atoms. The van der Waals surface area contributed by atoms with Crippen molar-refractivity contribution in [2.24, 2.45) is 0 Å². The summed E-state index contributed by atoms with van der Waals surface area (Å²) in [7, 11) is 0. The second kappa shape index (κ2) is 6.38. The molecule has 0 bridgehead atoms. The standard InChI is InChI=1S/C14H16N2O3S/c1-2-15(9-11-5-4-8-20-11)14(19)12-6-3-7-16(12)10-13(17)18/h3-8H,2,9-10H2,1H3,(H,17,18). The number of hydrogen-bond donors (Lipinski definition) is 1. The molecule has 0 aliphatic carbocycles. The van der Waals surface area contributed by atoms with Gasteiger partial charge in [0, 0.05) is 17.6 Å². The Kier molecular flexibility index (Phi) is 4.57. The number of aliphatic carboxylic acids is 1. The molecule has 5 nitrogen and oxygen atoms in total. The highest BCUT2D eigenvalue weighted by Crippen LogP contribution is 2.14. The smallest absolute Gasteiger partial charge is 0.323 e. The number of aromatic nitrogens is 1. The van der Waals surface area contributed by atoms with Crippen LogP contribution in [0.25, 0.3) is 0 Å². The number of hydrogen-bond acceptors (Lipinski definition) is 3. The maximum absolute atomic E-state index is 12.5. The summed E-state index contributed by atoms with van der Waals surface area (Å²) in [5.41, 5.74) is 0.408. The normalized spacial score (nSPS) is 10.4. The van der Waals surface area contributed by atoms with Crippen molar-refractivity contribution in [1.82, 2.24) is 9.47 Å². The molecule has 6 heteroatoms. The van der Waals surface area contributed by atoms with Crippen molar-refractivity contribution in [2.75, 3.05) is 6.54 Å². The van der Waals surface area contributed by atoms with Gasteiger partial charge in [0.2, 0.25) is 0 Å². The van der Waals surface area contributed by atoms with Crippen LogP contribution in [0.1, 0.15) is 22.3 Å². The summed E-state index contributed by atoms with van der Waals surface area (Å²) in [6, 6.07) is 7.28. The quantitative estimate of drug-likeness (QED) is 0.888. The van der Waals surface area contributed by atoms with Crippen LogP contribution in [0.5, 0.6) is 0 Å². The summed E-state index contributed by atoms with van der Waals surface area (Å²) in [6.45, 7) is 2.83. The van der Waals surface area contributed by atoms with E-state index in [-0.39, 0.29) is 12.5 Å². The van der Waals surface area contributed by atoms with Gasteiger partial charge in [-0.15, -0.1) is 11.3 Å². The van der Waals surface area contributed by atoms with Crippen LogP contribution in [0.2, 0.25) is 0 Å². The third kappa shape index (κ3) is 3.27. The molecule has 0 radical (unpaired) electrons. The maximum atomic E-state index is 12.5. The molecule has 1 N–H and O–H groups in total. The van der Waals surface area contributed by atoms with E-state index in [2.05, 4.69) is 0 Å². The van der Waals surface area contributed by atoms with E-state index in [9.17, 15) is 9.59 Å². The number of carbonyl (C=O) groups is 2. The molecule has 2 heterocycles. The van der Waals surface area contributed by atoms with Crippen molar-refractivity contribution in [3.8, 4) is 0 Å². The minimum Gasteiger partial charge on any atom is -0.480 e. The number of carbonyl (C=O) groups excluding carboxylic acids is 1. The van der Waals surface area contributed by atoms with E-state index in [4.69, 9.17) is 5.11 Å². The van der Waals surface area contributed by atoms with E-state index in [1.165, 1.54) is 4.57 Å². The fourth-order valence-corrected chi connectivity index (χ4v) is 2.69. The SMILES string of the molecule is CCN(Cc1cccs1)C(=O)c1cccn1CC(=O)O. The van der Waals surface area contributed by atoms with Crippen LogP contribution >= 0.6 is 11.3 Å². The monoisotopic (exact) mass is 292 g/mol. The minimum atomic E-state index is -0.962. The van der Waals surface area contributed by atoms with Gasteiger partial charge in [0.05, 0.1) is 6.54 Å². The van der Waals surface area contributed by atoms with Gasteiger partial charge in [0.15, 0.2) is 0 Å². The molecule has 1 amide bonds. The van der Waals surface area contributed by atoms with Crippen LogP contribution in [0.3, 0.4) is 0 Å². The number of amides is 1. The first-order valence-electron chi connectivity index (χ1n) is 6.30. The average molecular weight is 292 g/mol. The first kappa shape index (κ1) is 14.3. The summed E-state index contributed by atoms with van der Waals surface area (Å²) >= 11 is 1.60. The van der Waals surface area contributed by atoms with Crippen LogP contribution in [0.15, 0.2) is 35.8 Å². The average Bonchev–Trinajstić information content (AvgIpc) is 3.05. The Bertz CT molecular complexity index is 589. The predicted molar refractivity (Wildman–Crippen MR) is 76.8 cm³/mol. The number of nitrogens with zero attached hydrogens (tertiary/aromatic N) is 2. The third-order valence-corrected chi connectivity index (χ3v) is 3.81. The number of carboxylic acids is 1. The summed E-state index contributed by atoms with van der Waals surface area (Å²) < 4.78 is 1.46. The molecular formula is C14H16N2O3S. The molecule has 0 saturated carbocycles. The number of thiophene rings is 1. The highest BCUT2D eigenvalue weighted by molar-refractivity contribution is 7.09. The molecule has 0 saturated heterocycles. The van der Waals surface area contributed by atoms with Crippen molar-refractivity contribution in [3.05, 3.63) is 46.4 Å². The topological polar surface area (TPSA) is 62.5 Å². The Morgan fingerprint density at radius 1 is 1.35 bits per heavy atom. The lowest BCUT2D eigenvalue weighted by molar-refractivity contribution is -0.137. The zero-order valence-corrected chi connectivity index (χ0v) is 12.0. The Morgan fingerprint density at radius 2 is 2.15 bits per heavy atom. The van der Waals surface area contributed by atoms with Crippen LogP contribution in [0, 0.1) is 0 Å². The lowest BCUT2D eigenvalue weighted by atomic mass is 10.3. The van der Waals surface area contributed by atoms with Gasteiger partial charge in [-0.1, -0.05) is 6.07 Å². The molecule has 20 heavy (non-hydrogen) atoms. The lowest BCUT2D eigenvalue weighted by Gasteiger charge is -2.20. The summed E-state index contributed by atoms with van der Waals surface area (Å²) in [6.07, 6.45) is 1.61. The Hall–Kier alpha value is -2.08. The summed E-state index contributed by atoms with van der Waals surface area (Å²) in [5, 5.41) is 10.8. The van der Waals surface area contributed by atoms with Crippen molar-refractivity contribution in [1.29, 1.82) is 0 Å². The maximum Gasteiger partial charge on any atom is 0.323 e. The van der Waals surface area contributed by atoms with Gasteiger partial charge in [-0.2, -0.15) is 0 Å². The van der Waals surface area contributed by atoms with E-state index < -0.39 is 5.97 Å². The second-order valence-corrected chi connectivity index (χ2v) is 5.35. The highest BCUT2D eigenvalue weighted by atomic mass is 32.1. The Morgan fingerprint density at radius 3 is 2.75 bits per heavy atom. The van der Waals surface area contributed by atoms with Crippen LogP contribution in [0.4, 0.5) is 0 Å². The Balaban J connectivity index is 2.16. The minimum absolute atomic E-state index is 0.146. The molecule has 0 aromatic carbocycles. The molecule has 0 aliphatic rings. The zero-order valence-electron chi connectivity index (χ0n) is 11.2. The number of carboxylic acid groups (broad SMARTS) is 1. The van der Waals surface area contributed by atoms with E-state index >= 15 is 0 Å². The molecule has 2 aromatic heterocycles. The summed E-state index contributed by atoms with van der Waals surface area (Å²) in [4.78, 5) is 26.1. The van der Waals surface area contributed by atoms with Gasteiger partial charge >= 0.3 is 5.97 Å². The van der Waals surface area contributed by atoms with Gasteiger partial charge in [-0.05, 0) is 30.5 Å². The van der Waals surface area contributed by atoms with E-state index in [1.54, 1.807) is 34.6 Å². The molecule has 0 unspecified atom stereocenters. The van der Waals surface area contributed by atoms with Crippen LogP contribution < -0.4 is 0 Å². The van der Waals surface area contributed by atoms with Gasteiger partial charge in [-0.3, -0.25) is 9.59 Å². The second-order valence-electron chi connectivity index (χ2n) is 4.31. The van der Waals surface area contributed by atoms with Gasteiger partial charge in [0.1, 0.15) is 12.2 Å². The van der Waals surface area contributed by atoms with Crippen LogP contribution in [-0.4, -0.2) is 33.0 Å². The molecule has 0 atom stereocenters. The van der Waals surface area contributed by atoms with Gasteiger partial charge in [-0.25, -0.2) is 0 Å². The highest BCUT2D eigenvalue weighted by Gasteiger charge is 2.19. The summed E-state index contributed by atoms with van der Waals surface area (Å²) in [5.74, 6) is -1.11. The zero-order chi connectivity index (χ0) is 14.5. The largest absolute Gasteiger partial charge is 0.480 e. The number of rotatable bonds is 6. The predicted octanol–water partition coefficient (Wildman–Crippen LogP) is 2.30. The fraction of sp³-hybridized carbons (Fsp3) is 0.286. The van der Waals surface area contributed by atoms with Crippen molar-refractivity contribution in [2.45, 2.75) is 20.0 Å². The van der Waals surface area contributed by atoms with E-state index in [1.807, 2.05) is 24.4 Å². The molecule has 0 aliphatic heterocycles. The first-order valence-corrected chi connectivity index (χ1v) is 7.18. The first-order chi connectivity index (χ1) is 9.61. The van der Waals surface area contributed by atoms with Crippen molar-refractivity contribution in [3.63, 3.8) is 0 Å². The molecule has 2 aromatic rings. The van der Waals surface area contributed by atoms with E-state index in [0.29, 0.717) is 18.8 Å². The fourth-order valence-electron chi connectivity index (χ4n) is 1.97. The van der Waals surface area contributed by atoms with Gasteiger partial charge in [0.25, 0.3) is 5.91 Å². The third-order valence-electron chi connectivity index (χ3n) is 2.95. The van der Waals surface area contributed by atoms with Gasteiger partial charge < -0.3 is 14.6 Å². The lowest BCUT2D eigenvalue weighted by Crippen LogP contribution is -2.32. The van der Waals surface area contributed by atoms with E-state index in [0.717, 1.165) is 4.88 Å². The van der Waals surface area contributed by atoms with Crippen LogP contribution in [-0.2, 0) is 17.9 Å². The molecule has 0 fully saturated rings. The van der Waals surface area contributed by atoms with Crippen molar-refractivity contribution >= 4 is 23.2 Å². The molecular weight excluding hydrogens is 276 g/mol. The molecule has 2 rings (SSSR count). The Labute approximate surface area is 121 Å². The molecule has 106 valence electrons.